The molecule has 0 aliphatic heterocycles. The number of halogens is 1. The first-order valence-corrected chi connectivity index (χ1v) is 9.42. The molecule has 124 valence electrons. The van der Waals surface area contributed by atoms with Gasteiger partial charge in [0.2, 0.25) is 11.1 Å². The van der Waals surface area contributed by atoms with E-state index in [4.69, 9.17) is 0 Å². The van der Waals surface area contributed by atoms with Crippen LogP contribution in [-0.4, -0.2) is 32.4 Å². The molecule has 2 aromatic rings. The molecule has 0 saturated heterocycles. The summed E-state index contributed by atoms with van der Waals surface area (Å²) >= 11 is 4.73. The Bertz CT molecular complexity index is 779. The molecule has 0 spiro atoms. The van der Waals surface area contributed by atoms with Gasteiger partial charge in [0.25, 0.3) is 0 Å². The van der Waals surface area contributed by atoms with Gasteiger partial charge in [-0.05, 0) is 31.7 Å². The third-order valence-corrected chi connectivity index (χ3v) is 5.51. The van der Waals surface area contributed by atoms with Crippen LogP contribution in [0.15, 0.2) is 33.9 Å². The van der Waals surface area contributed by atoms with Crippen LogP contribution < -0.4 is 5.32 Å². The minimum atomic E-state index is -0.684. The first-order valence-electron chi connectivity index (χ1n) is 7.64. The Morgan fingerprint density at radius 1 is 1.42 bits per heavy atom. The zero-order valence-electron chi connectivity index (χ0n) is 12.9. The summed E-state index contributed by atoms with van der Waals surface area (Å²) in [6.07, 6.45) is 3.42. The Morgan fingerprint density at radius 3 is 2.88 bits per heavy atom. The van der Waals surface area contributed by atoms with E-state index in [2.05, 4.69) is 42.5 Å². The number of thioether (sulfide) groups is 1. The number of nitrogens with zero attached hydrogens (tertiary/aromatic N) is 3. The second-order valence-electron chi connectivity index (χ2n) is 5.68. The highest BCUT2D eigenvalue weighted by Crippen LogP contribution is 2.29. The molecule has 8 heteroatoms. The summed E-state index contributed by atoms with van der Waals surface area (Å²) in [5.41, 5.74) is 0.229. The van der Waals surface area contributed by atoms with Crippen molar-refractivity contribution in [2.45, 2.75) is 36.4 Å². The van der Waals surface area contributed by atoms with Crippen molar-refractivity contribution >= 4 is 33.6 Å². The number of hydrogen-bond donors (Lipinski definition) is 2. The van der Waals surface area contributed by atoms with Crippen molar-refractivity contribution in [3.05, 3.63) is 28.7 Å². The van der Waals surface area contributed by atoms with E-state index in [1.165, 1.54) is 11.8 Å². The number of carbonyl (C=O) groups excluding carboxylic acids is 1. The molecular weight excluding hydrogens is 390 g/mol. The van der Waals surface area contributed by atoms with Crippen molar-refractivity contribution < 1.29 is 4.79 Å². The van der Waals surface area contributed by atoms with Crippen LogP contribution in [0.5, 0.6) is 0 Å². The molecule has 3 rings (SSSR count). The maximum Gasteiger partial charge on any atom is 0.231 e. The second-order valence-corrected chi connectivity index (χ2v) is 7.48. The molecule has 1 aromatic heterocycles. The molecule has 1 aliphatic rings. The molecule has 6 nitrogen and oxygen atoms in total. The van der Waals surface area contributed by atoms with Crippen LogP contribution >= 0.6 is 27.7 Å². The van der Waals surface area contributed by atoms with E-state index in [-0.39, 0.29) is 11.7 Å². The minimum Gasteiger partial charge on any atom is -0.337 e. The van der Waals surface area contributed by atoms with Crippen LogP contribution in [0.25, 0.3) is 11.4 Å². The highest BCUT2D eigenvalue weighted by Gasteiger charge is 2.35. The lowest BCUT2D eigenvalue weighted by Gasteiger charge is -2.21. The van der Waals surface area contributed by atoms with Gasteiger partial charge in [0, 0.05) is 10.0 Å². The van der Waals surface area contributed by atoms with Gasteiger partial charge >= 0.3 is 0 Å². The lowest BCUT2D eigenvalue weighted by molar-refractivity contribution is -0.119. The fourth-order valence-corrected chi connectivity index (χ4v) is 3.83. The van der Waals surface area contributed by atoms with Gasteiger partial charge in [0.1, 0.15) is 5.54 Å². The molecule has 1 amide bonds. The monoisotopic (exact) mass is 405 g/mol. The van der Waals surface area contributed by atoms with Gasteiger partial charge < -0.3 is 5.32 Å². The summed E-state index contributed by atoms with van der Waals surface area (Å²) in [6, 6.07) is 9.97. The van der Waals surface area contributed by atoms with Gasteiger partial charge in [-0.3, -0.25) is 9.89 Å². The van der Waals surface area contributed by atoms with E-state index < -0.39 is 5.54 Å². The summed E-state index contributed by atoms with van der Waals surface area (Å²) in [6.45, 7) is 0. The van der Waals surface area contributed by atoms with Gasteiger partial charge in [0.15, 0.2) is 5.82 Å². The molecule has 1 heterocycles. The summed E-state index contributed by atoms with van der Waals surface area (Å²) in [5, 5.41) is 19.7. The Kier molecular flexibility index (Phi) is 5.21. The van der Waals surface area contributed by atoms with Gasteiger partial charge in [-0.1, -0.05) is 45.9 Å². The second kappa shape index (κ2) is 7.36. The summed E-state index contributed by atoms with van der Waals surface area (Å²) in [7, 11) is 0. The number of nitrogens with one attached hydrogen (secondary N) is 2. The van der Waals surface area contributed by atoms with Crippen LogP contribution in [0, 0.1) is 11.3 Å². The molecule has 24 heavy (non-hydrogen) atoms. The first-order chi connectivity index (χ1) is 11.6. The maximum atomic E-state index is 12.1. The highest BCUT2D eigenvalue weighted by atomic mass is 79.9. The maximum absolute atomic E-state index is 12.1. The van der Waals surface area contributed by atoms with Gasteiger partial charge in [-0.25, -0.2) is 4.98 Å². The van der Waals surface area contributed by atoms with Crippen molar-refractivity contribution in [3.8, 4) is 17.5 Å². The van der Waals surface area contributed by atoms with E-state index in [9.17, 15) is 10.1 Å². The van der Waals surface area contributed by atoms with Gasteiger partial charge in [-0.15, -0.1) is 5.10 Å². The third-order valence-electron chi connectivity index (χ3n) is 3.98. The van der Waals surface area contributed by atoms with Crippen molar-refractivity contribution in [3.63, 3.8) is 0 Å². The van der Waals surface area contributed by atoms with Crippen LogP contribution in [0.2, 0.25) is 0 Å². The predicted octanol–water partition coefficient (Wildman–Crippen LogP) is 3.28. The van der Waals surface area contributed by atoms with E-state index in [0.29, 0.717) is 11.0 Å². The van der Waals surface area contributed by atoms with Crippen molar-refractivity contribution in [2.75, 3.05) is 5.75 Å². The number of hydrogen-bond acceptors (Lipinski definition) is 5. The predicted molar refractivity (Wildman–Crippen MR) is 95.2 cm³/mol. The van der Waals surface area contributed by atoms with E-state index >= 15 is 0 Å². The molecule has 0 bridgehead atoms. The molecule has 0 radical (unpaired) electrons. The number of benzene rings is 1. The Balaban J connectivity index is 1.59. The largest absolute Gasteiger partial charge is 0.337 e. The fraction of sp³-hybridized carbons (Fsp3) is 0.375. The highest BCUT2D eigenvalue weighted by molar-refractivity contribution is 9.10. The number of H-pyrrole nitrogens is 1. The zero-order valence-corrected chi connectivity index (χ0v) is 15.3. The van der Waals surface area contributed by atoms with E-state index in [0.717, 1.165) is 35.7 Å². The summed E-state index contributed by atoms with van der Waals surface area (Å²) < 4.78 is 0.924. The van der Waals surface area contributed by atoms with Gasteiger partial charge in [-0.2, -0.15) is 5.26 Å². The number of aromatic nitrogens is 3. The Morgan fingerprint density at radius 2 is 2.17 bits per heavy atom. The molecule has 1 aromatic carbocycles. The Labute approximate surface area is 152 Å². The van der Waals surface area contributed by atoms with Crippen LogP contribution in [0.4, 0.5) is 0 Å². The fourth-order valence-electron chi connectivity index (χ4n) is 2.76. The summed E-state index contributed by atoms with van der Waals surface area (Å²) in [5.74, 6) is 0.682. The van der Waals surface area contributed by atoms with Crippen molar-refractivity contribution in [1.29, 1.82) is 5.26 Å². The lowest BCUT2D eigenvalue weighted by atomic mass is 10.0. The molecule has 1 saturated carbocycles. The number of rotatable bonds is 5. The zero-order chi connectivity index (χ0) is 17.0. The molecule has 0 unspecified atom stereocenters. The van der Waals surface area contributed by atoms with Crippen LogP contribution in [-0.2, 0) is 4.79 Å². The average Bonchev–Trinajstić information content (AvgIpc) is 3.23. The standard InChI is InChI=1S/C16H16BrN5OS/c17-12-6-2-1-5-11(12)14-19-15(22-21-14)24-9-13(23)20-16(10-18)7-3-4-8-16/h1-2,5-6H,3-4,7-9H2,(H,20,23)(H,19,21,22). The molecule has 1 fully saturated rings. The number of amides is 1. The molecule has 0 atom stereocenters. The van der Waals surface area contributed by atoms with Crippen molar-refractivity contribution in [1.82, 2.24) is 20.5 Å². The minimum absolute atomic E-state index is 0.157. The first kappa shape index (κ1) is 17.0. The number of nitriles is 1. The summed E-state index contributed by atoms with van der Waals surface area (Å²) in [4.78, 5) is 16.5. The number of aromatic amines is 1. The topological polar surface area (TPSA) is 94.5 Å². The molecule has 1 aliphatic carbocycles. The van der Waals surface area contributed by atoms with Crippen LogP contribution in [0.1, 0.15) is 25.7 Å². The molecule has 2 N–H and O–H groups in total. The van der Waals surface area contributed by atoms with E-state index in [1.54, 1.807) is 0 Å². The van der Waals surface area contributed by atoms with Gasteiger partial charge in [0.05, 0.1) is 11.8 Å². The van der Waals surface area contributed by atoms with Crippen LogP contribution in [0.3, 0.4) is 0 Å². The smallest absolute Gasteiger partial charge is 0.231 e. The number of carbonyl (C=O) groups is 1. The average molecular weight is 406 g/mol. The SMILES string of the molecule is N#CC1(NC(=O)CSc2n[nH]c(-c3ccccc3Br)n2)CCCC1. The third kappa shape index (κ3) is 3.79. The quantitative estimate of drug-likeness (QED) is 0.744. The molecular formula is C16H16BrN5OS. The lowest BCUT2D eigenvalue weighted by Crippen LogP contribution is -2.45. The Hall–Kier alpha value is -1.85. The van der Waals surface area contributed by atoms with E-state index in [1.807, 2.05) is 24.3 Å². The normalized spacial score (nSPS) is 15.8. The van der Waals surface area contributed by atoms with Crippen molar-refractivity contribution in [2.24, 2.45) is 0 Å².